The molecule has 0 spiro atoms. The molecule has 14 heavy (non-hydrogen) atoms. The second-order valence-electron chi connectivity index (χ2n) is 3.76. The summed E-state index contributed by atoms with van der Waals surface area (Å²) in [5, 5.41) is -0.564. The Balaban J connectivity index is 2.88. The van der Waals surface area contributed by atoms with Crippen LogP contribution in [0.25, 0.3) is 0 Å². The first kappa shape index (κ1) is 11.5. The minimum Gasteiger partial charge on any atom is -0.468 e. The van der Waals surface area contributed by atoms with Crippen molar-refractivity contribution < 1.29 is 14.3 Å². The van der Waals surface area contributed by atoms with Crippen LogP contribution in [0.15, 0.2) is 0 Å². The highest BCUT2D eigenvalue weighted by Crippen LogP contribution is 2.38. The summed E-state index contributed by atoms with van der Waals surface area (Å²) in [6, 6.07) is 0. The predicted molar refractivity (Wildman–Crippen MR) is 53.0 cm³/mol. The van der Waals surface area contributed by atoms with Crippen molar-refractivity contribution in [2.24, 2.45) is 5.41 Å². The first-order valence-corrected chi connectivity index (χ1v) is 5.29. The van der Waals surface area contributed by atoms with Gasteiger partial charge in [-0.2, -0.15) is 0 Å². The Morgan fingerprint density at radius 2 is 1.64 bits per heavy atom. The SMILES string of the molecule is COC(=O)C1(C(=O)Cl)CCCCCC1. The van der Waals surface area contributed by atoms with Crippen LogP contribution in [-0.2, 0) is 14.3 Å². The molecule has 4 heteroatoms. The monoisotopic (exact) mass is 218 g/mol. The molecule has 1 aliphatic rings. The van der Waals surface area contributed by atoms with Crippen molar-refractivity contribution in [2.45, 2.75) is 38.5 Å². The van der Waals surface area contributed by atoms with Crippen molar-refractivity contribution in [3.63, 3.8) is 0 Å². The van der Waals surface area contributed by atoms with E-state index < -0.39 is 16.6 Å². The highest BCUT2D eigenvalue weighted by atomic mass is 35.5. The Kier molecular flexibility index (Phi) is 3.93. The van der Waals surface area contributed by atoms with E-state index in [2.05, 4.69) is 4.74 Å². The highest BCUT2D eigenvalue weighted by Gasteiger charge is 2.45. The topological polar surface area (TPSA) is 43.4 Å². The van der Waals surface area contributed by atoms with E-state index >= 15 is 0 Å². The summed E-state index contributed by atoms with van der Waals surface area (Å²) in [5.74, 6) is -0.473. The van der Waals surface area contributed by atoms with Gasteiger partial charge in [0.2, 0.25) is 5.24 Å². The molecule has 1 aliphatic carbocycles. The zero-order valence-corrected chi connectivity index (χ0v) is 9.10. The minimum atomic E-state index is -1.06. The van der Waals surface area contributed by atoms with E-state index in [1.807, 2.05) is 0 Å². The average Bonchev–Trinajstić information content (AvgIpc) is 2.42. The van der Waals surface area contributed by atoms with Crippen LogP contribution in [0.1, 0.15) is 38.5 Å². The third-order valence-corrected chi connectivity index (χ3v) is 3.27. The number of carbonyl (C=O) groups excluding carboxylic acids is 2. The van der Waals surface area contributed by atoms with Crippen molar-refractivity contribution in [3.8, 4) is 0 Å². The van der Waals surface area contributed by atoms with E-state index in [1.54, 1.807) is 0 Å². The van der Waals surface area contributed by atoms with Crippen LogP contribution >= 0.6 is 11.6 Å². The molecule has 0 aromatic carbocycles. The van der Waals surface area contributed by atoms with E-state index in [0.717, 1.165) is 25.7 Å². The summed E-state index contributed by atoms with van der Waals surface area (Å²) < 4.78 is 4.67. The third-order valence-electron chi connectivity index (χ3n) is 2.91. The molecule has 80 valence electrons. The fourth-order valence-electron chi connectivity index (χ4n) is 2.01. The lowest BCUT2D eigenvalue weighted by Crippen LogP contribution is -2.37. The van der Waals surface area contributed by atoms with Crippen molar-refractivity contribution in [1.82, 2.24) is 0 Å². The quantitative estimate of drug-likeness (QED) is 0.309. The summed E-state index contributed by atoms with van der Waals surface area (Å²) in [6.07, 6.45) is 4.91. The molecule has 0 radical (unpaired) electrons. The third kappa shape index (κ3) is 2.08. The molecule has 0 heterocycles. The molecule has 0 amide bonds. The summed E-state index contributed by atoms with van der Waals surface area (Å²) in [5.41, 5.74) is -1.06. The fourth-order valence-corrected chi connectivity index (χ4v) is 2.27. The standard InChI is InChI=1S/C10H15ClO3/c1-14-9(13)10(8(11)12)6-4-2-3-5-7-10/h2-7H2,1H3. The lowest BCUT2D eigenvalue weighted by atomic mass is 9.82. The van der Waals surface area contributed by atoms with Crippen LogP contribution in [-0.4, -0.2) is 18.3 Å². The molecule has 1 rings (SSSR count). The molecule has 1 fully saturated rings. The first-order chi connectivity index (χ1) is 6.63. The summed E-state index contributed by atoms with van der Waals surface area (Å²) in [4.78, 5) is 22.9. The van der Waals surface area contributed by atoms with Gasteiger partial charge in [0.25, 0.3) is 0 Å². The van der Waals surface area contributed by atoms with Crippen molar-refractivity contribution in [2.75, 3.05) is 7.11 Å². The van der Waals surface area contributed by atoms with Gasteiger partial charge in [-0.3, -0.25) is 9.59 Å². The zero-order chi connectivity index (χ0) is 10.6. The van der Waals surface area contributed by atoms with Crippen LogP contribution in [0.4, 0.5) is 0 Å². The van der Waals surface area contributed by atoms with Gasteiger partial charge in [-0.25, -0.2) is 0 Å². The molecular formula is C10H15ClO3. The normalized spacial score (nSPS) is 21.0. The molecule has 0 aromatic heterocycles. The maximum Gasteiger partial charge on any atom is 0.320 e. The number of rotatable bonds is 2. The van der Waals surface area contributed by atoms with Crippen LogP contribution in [0.5, 0.6) is 0 Å². The van der Waals surface area contributed by atoms with Crippen molar-refractivity contribution >= 4 is 22.8 Å². The van der Waals surface area contributed by atoms with E-state index in [0.29, 0.717) is 12.8 Å². The Bertz CT molecular complexity index is 230. The molecule has 0 atom stereocenters. The molecule has 0 aliphatic heterocycles. The Labute approximate surface area is 88.8 Å². The van der Waals surface area contributed by atoms with Gasteiger partial charge in [-0.15, -0.1) is 0 Å². The second-order valence-corrected chi connectivity index (χ2v) is 4.10. The van der Waals surface area contributed by atoms with Gasteiger partial charge in [0.05, 0.1) is 7.11 Å². The number of methoxy groups -OCH3 is 1. The van der Waals surface area contributed by atoms with Crippen molar-refractivity contribution in [3.05, 3.63) is 0 Å². The maximum atomic E-state index is 11.6. The smallest absolute Gasteiger partial charge is 0.320 e. The molecule has 0 N–H and O–H groups in total. The second kappa shape index (κ2) is 4.78. The highest BCUT2D eigenvalue weighted by molar-refractivity contribution is 6.66. The van der Waals surface area contributed by atoms with Gasteiger partial charge >= 0.3 is 5.97 Å². The van der Waals surface area contributed by atoms with Gasteiger partial charge in [0.1, 0.15) is 5.41 Å². The van der Waals surface area contributed by atoms with Gasteiger partial charge in [0.15, 0.2) is 0 Å². The van der Waals surface area contributed by atoms with Gasteiger partial charge in [0, 0.05) is 0 Å². The Hall–Kier alpha value is -0.570. The predicted octanol–water partition coefficient (Wildman–Crippen LogP) is 2.27. The summed E-state index contributed by atoms with van der Waals surface area (Å²) in [7, 11) is 1.30. The van der Waals surface area contributed by atoms with Gasteiger partial charge < -0.3 is 4.74 Å². The molecular weight excluding hydrogens is 204 g/mol. The van der Waals surface area contributed by atoms with E-state index in [-0.39, 0.29) is 0 Å². The maximum absolute atomic E-state index is 11.6. The van der Waals surface area contributed by atoms with E-state index in [9.17, 15) is 9.59 Å². The first-order valence-electron chi connectivity index (χ1n) is 4.92. The number of esters is 1. The molecule has 0 bridgehead atoms. The molecule has 3 nitrogen and oxygen atoms in total. The number of carbonyl (C=O) groups is 2. The van der Waals surface area contributed by atoms with Crippen LogP contribution in [0.2, 0.25) is 0 Å². The lowest BCUT2D eigenvalue weighted by Gasteiger charge is -2.24. The van der Waals surface area contributed by atoms with Crippen LogP contribution < -0.4 is 0 Å². The zero-order valence-electron chi connectivity index (χ0n) is 8.35. The van der Waals surface area contributed by atoms with Crippen LogP contribution in [0.3, 0.4) is 0 Å². The molecule has 0 unspecified atom stereocenters. The minimum absolute atomic E-state index is 0.473. The average molecular weight is 219 g/mol. The largest absolute Gasteiger partial charge is 0.468 e. The number of halogens is 1. The Morgan fingerprint density at radius 3 is 2.00 bits per heavy atom. The van der Waals surface area contributed by atoms with E-state index in [1.165, 1.54) is 7.11 Å². The van der Waals surface area contributed by atoms with Gasteiger partial charge in [-0.05, 0) is 24.4 Å². The van der Waals surface area contributed by atoms with E-state index in [4.69, 9.17) is 11.6 Å². The fraction of sp³-hybridized carbons (Fsp3) is 0.800. The van der Waals surface area contributed by atoms with Gasteiger partial charge in [-0.1, -0.05) is 25.7 Å². The van der Waals surface area contributed by atoms with Crippen LogP contribution in [0, 0.1) is 5.41 Å². The summed E-state index contributed by atoms with van der Waals surface area (Å²) >= 11 is 5.52. The Morgan fingerprint density at radius 1 is 1.14 bits per heavy atom. The lowest BCUT2D eigenvalue weighted by molar-refractivity contribution is -0.156. The number of ether oxygens (including phenoxy) is 1. The summed E-state index contributed by atoms with van der Waals surface area (Å²) in [6.45, 7) is 0. The number of hydrogen-bond donors (Lipinski definition) is 0. The molecule has 0 saturated heterocycles. The molecule has 1 saturated carbocycles. The van der Waals surface area contributed by atoms with Crippen molar-refractivity contribution in [1.29, 1.82) is 0 Å². The molecule has 0 aromatic rings. The number of hydrogen-bond acceptors (Lipinski definition) is 3.